The Morgan fingerprint density at radius 2 is 2.07 bits per heavy atom. The number of nitrogens with two attached hydrogens (primary N) is 1. The molecule has 0 aliphatic carbocycles. The van der Waals surface area contributed by atoms with Gasteiger partial charge in [0.2, 0.25) is 0 Å². The van der Waals surface area contributed by atoms with Crippen molar-refractivity contribution < 1.29 is 0 Å². The summed E-state index contributed by atoms with van der Waals surface area (Å²) in [6.45, 7) is 3.48. The van der Waals surface area contributed by atoms with E-state index in [2.05, 4.69) is 35.2 Å². The van der Waals surface area contributed by atoms with E-state index >= 15 is 0 Å². The van der Waals surface area contributed by atoms with Crippen LogP contribution >= 0.6 is 0 Å². The molecule has 2 N–H and O–H groups in total. The van der Waals surface area contributed by atoms with Gasteiger partial charge in [0.1, 0.15) is 0 Å². The Hall–Kier alpha value is -0.860. The second-order valence-electron chi connectivity index (χ2n) is 4.44. The van der Waals surface area contributed by atoms with Crippen molar-refractivity contribution in [2.45, 2.75) is 25.3 Å². The van der Waals surface area contributed by atoms with Gasteiger partial charge in [0, 0.05) is 12.6 Å². The molecule has 0 bridgehead atoms. The Bertz CT molecular complexity index is 284. The van der Waals surface area contributed by atoms with Gasteiger partial charge in [-0.3, -0.25) is 0 Å². The van der Waals surface area contributed by atoms with Crippen LogP contribution in [0.2, 0.25) is 0 Å². The van der Waals surface area contributed by atoms with Gasteiger partial charge in [0.25, 0.3) is 0 Å². The molecular weight excluding hydrogens is 184 g/mol. The number of benzene rings is 1. The summed E-state index contributed by atoms with van der Waals surface area (Å²) in [6.07, 6.45) is 3.61. The average Bonchev–Trinajstić information content (AvgIpc) is 2.66. The predicted octanol–water partition coefficient (Wildman–Crippen LogP) is 1.65. The van der Waals surface area contributed by atoms with Gasteiger partial charge in [-0.25, -0.2) is 0 Å². The molecule has 0 amide bonds. The van der Waals surface area contributed by atoms with E-state index in [0.717, 1.165) is 6.54 Å². The molecule has 2 rings (SSSR count). The van der Waals surface area contributed by atoms with Crippen molar-refractivity contribution in [2.24, 2.45) is 5.73 Å². The van der Waals surface area contributed by atoms with Crippen LogP contribution in [0.1, 0.15) is 18.4 Å². The maximum absolute atomic E-state index is 5.87. The summed E-state index contributed by atoms with van der Waals surface area (Å²) in [5.41, 5.74) is 7.31. The monoisotopic (exact) mass is 204 g/mol. The molecule has 1 aliphatic rings. The Morgan fingerprint density at radius 1 is 1.27 bits per heavy atom. The van der Waals surface area contributed by atoms with Gasteiger partial charge in [-0.15, -0.1) is 0 Å². The molecule has 1 aromatic carbocycles. The molecule has 1 saturated heterocycles. The van der Waals surface area contributed by atoms with Gasteiger partial charge < -0.3 is 10.6 Å². The van der Waals surface area contributed by atoms with Crippen LogP contribution < -0.4 is 5.73 Å². The smallest absolute Gasteiger partial charge is 0.0180 e. The molecule has 1 aromatic rings. The summed E-state index contributed by atoms with van der Waals surface area (Å²) in [5, 5.41) is 0. The van der Waals surface area contributed by atoms with Crippen molar-refractivity contribution >= 4 is 0 Å². The van der Waals surface area contributed by atoms with Crippen molar-refractivity contribution in [3.8, 4) is 0 Å². The first-order chi connectivity index (χ1) is 7.34. The van der Waals surface area contributed by atoms with Crippen LogP contribution in [0.3, 0.4) is 0 Å². The molecule has 15 heavy (non-hydrogen) atoms. The van der Waals surface area contributed by atoms with Gasteiger partial charge in [-0.05, 0) is 37.9 Å². The van der Waals surface area contributed by atoms with Crippen LogP contribution in [0.5, 0.6) is 0 Å². The molecule has 1 heterocycles. The van der Waals surface area contributed by atoms with Crippen LogP contribution in [0.4, 0.5) is 0 Å². The van der Waals surface area contributed by atoms with E-state index in [-0.39, 0.29) is 0 Å². The normalized spacial score (nSPS) is 22.1. The van der Waals surface area contributed by atoms with E-state index in [0.29, 0.717) is 6.04 Å². The highest BCUT2D eigenvalue weighted by Gasteiger charge is 2.17. The lowest BCUT2D eigenvalue weighted by atomic mass is 10.1. The largest absolute Gasteiger partial charge is 0.326 e. The molecule has 0 radical (unpaired) electrons. The first kappa shape index (κ1) is 10.7. The number of rotatable bonds is 4. The first-order valence-corrected chi connectivity index (χ1v) is 5.86. The molecule has 0 spiro atoms. The maximum atomic E-state index is 5.87. The summed E-state index contributed by atoms with van der Waals surface area (Å²) < 4.78 is 0. The lowest BCUT2D eigenvalue weighted by molar-refractivity contribution is 0.329. The molecule has 82 valence electrons. The fourth-order valence-electron chi connectivity index (χ4n) is 2.22. The lowest BCUT2D eigenvalue weighted by Gasteiger charge is -2.14. The third-order valence-electron chi connectivity index (χ3n) is 3.09. The van der Waals surface area contributed by atoms with E-state index in [1.165, 1.54) is 37.9 Å². The van der Waals surface area contributed by atoms with Crippen molar-refractivity contribution in [1.82, 2.24) is 4.90 Å². The summed E-state index contributed by atoms with van der Waals surface area (Å²) in [5.74, 6) is 0. The van der Waals surface area contributed by atoms with Crippen molar-refractivity contribution in [3.63, 3.8) is 0 Å². The molecule has 1 aliphatic heterocycles. The highest BCUT2D eigenvalue weighted by atomic mass is 15.2. The van der Waals surface area contributed by atoms with Crippen LogP contribution in [-0.2, 0) is 6.42 Å². The zero-order valence-electron chi connectivity index (χ0n) is 9.23. The molecule has 1 fully saturated rings. The van der Waals surface area contributed by atoms with Gasteiger partial charge in [-0.1, -0.05) is 30.3 Å². The van der Waals surface area contributed by atoms with E-state index in [4.69, 9.17) is 5.73 Å². The standard InChI is InChI=1S/C13H20N2/c14-13-8-10-15(11-13)9-4-7-12-5-2-1-3-6-12/h1-3,5-6,13H,4,7-11,14H2. The predicted molar refractivity (Wildman–Crippen MR) is 63.8 cm³/mol. The number of nitrogens with zero attached hydrogens (tertiary/aromatic N) is 1. The maximum Gasteiger partial charge on any atom is 0.0180 e. The average molecular weight is 204 g/mol. The van der Waals surface area contributed by atoms with Gasteiger partial charge in [0.15, 0.2) is 0 Å². The van der Waals surface area contributed by atoms with Crippen LogP contribution in [-0.4, -0.2) is 30.6 Å². The zero-order valence-corrected chi connectivity index (χ0v) is 9.23. The quantitative estimate of drug-likeness (QED) is 0.808. The highest BCUT2D eigenvalue weighted by molar-refractivity contribution is 5.14. The molecule has 2 nitrogen and oxygen atoms in total. The molecule has 0 aromatic heterocycles. The summed E-state index contributed by atoms with van der Waals surface area (Å²) in [4.78, 5) is 2.48. The Balaban J connectivity index is 1.67. The fraction of sp³-hybridized carbons (Fsp3) is 0.538. The van der Waals surface area contributed by atoms with Gasteiger partial charge in [0.05, 0.1) is 0 Å². The third-order valence-corrected chi connectivity index (χ3v) is 3.09. The molecule has 1 unspecified atom stereocenters. The van der Waals surface area contributed by atoms with E-state index in [9.17, 15) is 0 Å². The number of likely N-dealkylation sites (tertiary alicyclic amines) is 1. The van der Waals surface area contributed by atoms with Crippen molar-refractivity contribution in [3.05, 3.63) is 35.9 Å². The van der Waals surface area contributed by atoms with Crippen molar-refractivity contribution in [1.29, 1.82) is 0 Å². The summed E-state index contributed by atoms with van der Waals surface area (Å²) in [7, 11) is 0. The van der Waals surface area contributed by atoms with E-state index < -0.39 is 0 Å². The lowest BCUT2D eigenvalue weighted by Crippen LogP contribution is -2.27. The van der Waals surface area contributed by atoms with Gasteiger partial charge in [-0.2, -0.15) is 0 Å². The van der Waals surface area contributed by atoms with Gasteiger partial charge >= 0.3 is 0 Å². The molecular formula is C13H20N2. The minimum atomic E-state index is 0.418. The van der Waals surface area contributed by atoms with Crippen molar-refractivity contribution in [2.75, 3.05) is 19.6 Å². The summed E-state index contributed by atoms with van der Waals surface area (Å²) >= 11 is 0. The van der Waals surface area contributed by atoms with Crippen LogP contribution in [0, 0.1) is 0 Å². The second kappa shape index (κ2) is 5.29. The van der Waals surface area contributed by atoms with Crippen LogP contribution in [0.15, 0.2) is 30.3 Å². The first-order valence-electron chi connectivity index (χ1n) is 5.86. The van der Waals surface area contributed by atoms with Crippen LogP contribution in [0.25, 0.3) is 0 Å². The SMILES string of the molecule is NC1CCN(CCCc2ccccc2)C1. The van der Waals surface area contributed by atoms with E-state index in [1.807, 2.05) is 0 Å². The molecule has 0 saturated carbocycles. The molecule has 1 atom stereocenters. The number of aryl methyl sites for hydroxylation is 1. The number of hydrogen-bond acceptors (Lipinski definition) is 2. The summed E-state index contributed by atoms with van der Waals surface area (Å²) in [6, 6.07) is 11.1. The fourth-order valence-corrected chi connectivity index (χ4v) is 2.22. The Kier molecular flexibility index (Phi) is 3.75. The second-order valence-corrected chi connectivity index (χ2v) is 4.44. The zero-order chi connectivity index (χ0) is 10.5. The highest BCUT2D eigenvalue weighted by Crippen LogP contribution is 2.09. The minimum Gasteiger partial charge on any atom is -0.326 e. The molecule has 2 heteroatoms. The Labute approximate surface area is 92.1 Å². The minimum absolute atomic E-state index is 0.418. The third kappa shape index (κ3) is 3.33. The Morgan fingerprint density at radius 3 is 2.73 bits per heavy atom. The number of hydrogen-bond donors (Lipinski definition) is 1. The topological polar surface area (TPSA) is 29.3 Å². The van der Waals surface area contributed by atoms with E-state index in [1.54, 1.807) is 0 Å².